The van der Waals surface area contributed by atoms with Gasteiger partial charge in [0.2, 0.25) is 5.91 Å². The lowest BCUT2D eigenvalue weighted by molar-refractivity contribution is -0.117. The predicted octanol–water partition coefficient (Wildman–Crippen LogP) is 3.66. The number of anilines is 1. The number of rotatable bonds is 5. The number of nitrogens with one attached hydrogen (secondary N) is 1. The van der Waals surface area contributed by atoms with Crippen LogP contribution in [0.4, 0.5) is 5.69 Å². The average molecular weight is 347 g/mol. The second-order valence-electron chi connectivity index (χ2n) is 5.14. The van der Waals surface area contributed by atoms with Crippen molar-refractivity contribution < 1.29 is 4.79 Å². The van der Waals surface area contributed by atoms with Crippen molar-refractivity contribution in [1.82, 2.24) is 0 Å². The number of amides is 1. The minimum atomic E-state index is -0.510. The molecule has 3 nitrogen and oxygen atoms in total. The van der Waals surface area contributed by atoms with Crippen molar-refractivity contribution in [3.05, 3.63) is 64.1 Å². The van der Waals surface area contributed by atoms with Crippen LogP contribution >= 0.6 is 15.9 Å². The maximum absolute atomic E-state index is 12.1. The summed E-state index contributed by atoms with van der Waals surface area (Å²) >= 11 is 3.42. The van der Waals surface area contributed by atoms with E-state index in [0.29, 0.717) is 6.42 Å². The van der Waals surface area contributed by atoms with Gasteiger partial charge in [0.05, 0.1) is 6.04 Å². The summed E-state index contributed by atoms with van der Waals surface area (Å²) in [5, 5.41) is 2.87. The standard InChI is InChI=1S/C17H19BrN2O/c1-12-9-14(18)11-15(10-12)20-17(21)16(19)8-7-13-5-3-2-4-6-13/h2-6,9-11,16H,7-8,19H2,1H3,(H,20,21). The Morgan fingerprint density at radius 1 is 1.24 bits per heavy atom. The molecule has 1 atom stereocenters. The van der Waals surface area contributed by atoms with E-state index < -0.39 is 6.04 Å². The molecule has 1 unspecified atom stereocenters. The van der Waals surface area contributed by atoms with Gasteiger partial charge in [0.15, 0.2) is 0 Å². The Bertz CT molecular complexity index is 593. The minimum absolute atomic E-state index is 0.150. The SMILES string of the molecule is Cc1cc(Br)cc(NC(=O)C(N)CCc2ccccc2)c1. The van der Waals surface area contributed by atoms with E-state index in [2.05, 4.69) is 21.2 Å². The first kappa shape index (κ1) is 15.7. The van der Waals surface area contributed by atoms with E-state index in [9.17, 15) is 4.79 Å². The molecule has 0 aromatic heterocycles. The van der Waals surface area contributed by atoms with Gasteiger partial charge in [-0.25, -0.2) is 0 Å². The number of hydrogen-bond donors (Lipinski definition) is 2. The van der Waals surface area contributed by atoms with E-state index in [1.165, 1.54) is 5.56 Å². The van der Waals surface area contributed by atoms with Crippen molar-refractivity contribution in [3.63, 3.8) is 0 Å². The van der Waals surface area contributed by atoms with Gasteiger partial charge in [0.1, 0.15) is 0 Å². The zero-order valence-corrected chi connectivity index (χ0v) is 13.6. The van der Waals surface area contributed by atoms with Crippen LogP contribution in [0.1, 0.15) is 17.5 Å². The molecule has 0 saturated carbocycles. The number of hydrogen-bond acceptors (Lipinski definition) is 2. The van der Waals surface area contributed by atoms with Crippen LogP contribution in [-0.4, -0.2) is 11.9 Å². The van der Waals surface area contributed by atoms with E-state index in [1.54, 1.807) is 0 Å². The molecule has 0 fully saturated rings. The number of halogens is 1. The molecular weight excluding hydrogens is 328 g/mol. The lowest BCUT2D eigenvalue weighted by Gasteiger charge is -2.13. The van der Waals surface area contributed by atoms with E-state index in [1.807, 2.05) is 55.5 Å². The van der Waals surface area contributed by atoms with Gasteiger partial charge < -0.3 is 11.1 Å². The normalized spacial score (nSPS) is 12.0. The Morgan fingerprint density at radius 3 is 2.62 bits per heavy atom. The summed E-state index contributed by atoms with van der Waals surface area (Å²) < 4.78 is 0.940. The predicted molar refractivity (Wildman–Crippen MR) is 90.2 cm³/mol. The molecule has 4 heteroatoms. The monoisotopic (exact) mass is 346 g/mol. The first-order valence-electron chi connectivity index (χ1n) is 6.92. The van der Waals surface area contributed by atoms with Gasteiger partial charge in [-0.1, -0.05) is 46.3 Å². The molecule has 0 spiro atoms. The molecular formula is C17H19BrN2O. The van der Waals surface area contributed by atoms with E-state index in [4.69, 9.17) is 5.73 Å². The Hall–Kier alpha value is -1.65. The van der Waals surface area contributed by atoms with Crippen LogP contribution < -0.4 is 11.1 Å². The smallest absolute Gasteiger partial charge is 0.241 e. The number of benzene rings is 2. The van der Waals surface area contributed by atoms with Crippen molar-refractivity contribution in [2.75, 3.05) is 5.32 Å². The second-order valence-corrected chi connectivity index (χ2v) is 6.05. The zero-order valence-electron chi connectivity index (χ0n) is 12.0. The summed E-state index contributed by atoms with van der Waals surface area (Å²) in [6.07, 6.45) is 1.43. The molecule has 0 saturated heterocycles. The lowest BCUT2D eigenvalue weighted by atomic mass is 10.1. The molecule has 2 aromatic carbocycles. The highest BCUT2D eigenvalue weighted by molar-refractivity contribution is 9.10. The summed E-state index contributed by atoms with van der Waals surface area (Å²) in [4.78, 5) is 12.1. The van der Waals surface area contributed by atoms with Crippen LogP contribution in [0, 0.1) is 6.92 Å². The van der Waals surface area contributed by atoms with Crippen molar-refractivity contribution in [1.29, 1.82) is 0 Å². The molecule has 2 rings (SSSR count). The summed E-state index contributed by atoms with van der Waals surface area (Å²) in [6.45, 7) is 1.98. The minimum Gasteiger partial charge on any atom is -0.325 e. The highest BCUT2D eigenvalue weighted by atomic mass is 79.9. The molecule has 0 aliphatic rings. The third-order valence-corrected chi connectivity index (χ3v) is 3.69. The van der Waals surface area contributed by atoms with E-state index in [-0.39, 0.29) is 5.91 Å². The molecule has 0 bridgehead atoms. The van der Waals surface area contributed by atoms with E-state index >= 15 is 0 Å². The van der Waals surface area contributed by atoms with Crippen LogP contribution in [0.25, 0.3) is 0 Å². The first-order valence-corrected chi connectivity index (χ1v) is 7.71. The number of nitrogens with two attached hydrogens (primary N) is 1. The van der Waals surface area contributed by atoms with Gasteiger partial charge in [-0.3, -0.25) is 4.79 Å². The van der Waals surface area contributed by atoms with Crippen LogP contribution in [0.2, 0.25) is 0 Å². The van der Waals surface area contributed by atoms with Crippen molar-refractivity contribution in [3.8, 4) is 0 Å². The van der Waals surface area contributed by atoms with Crippen molar-refractivity contribution >= 4 is 27.5 Å². The van der Waals surface area contributed by atoms with Crippen LogP contribution in [-0.2, 0) is 11.2 Å². The fourth-order valence-electron chi connectivity index (χ4n) is 2.14. The number of carbonyl (C=O) groups excluding carboxylic acids is 1. The first-order chi connectivity index (χ1) is 10.0. The molecule has 0 aliphatic heterocycles. The summed E-state index contributed by atoms with van der Waals surface area (Å²) in [7, 11) is 0. The Labute approximate surface area is 133 Å². The quantitative estimate of drug-likeness (QED) is 0.867. The van der Waals surface area contributed by atoms with Gasteiger partial charge in [0.25, 0.3) is 0 Å². The van der Waals surface area contributed by atoms with Gasteiger partial charge in [-0.05, 0) is 49.1 Å². The summed E-state index contributed by atoms with van der Waals surface area (Å²) in [6, 6.07) is 15.3. The van der Waals surface area contributed by atoms with Crippen LogP contribution in [0.3, 0.4) is 0 Å². The average Bonchev–Trinajstić information content (AvgIpc) is 2.44. The molecule has 1 amide bonds. The number of carbonyl (C=O) groups is 1. The molecule has 0 heterocycles. The largest absolute Gasteiger partial charge is 0.325 e. The van der Waals surface area contributed by atoms with E-state index in [0.717, 1.165) is 22.1 Å². The third kappa shape index (κ3) is 4.99. The molecule has 2 aromatic rings. The zero-order chi connectivity index (χ0) is 15.2. The molecule has 3 N–H and O–H groups in total. The molecule has 0 radical (unpaired) electrons. The van der Waals surface area contributed by atoms with Crippen LogP contribution in [0.5, 0.6) is 0 Å². The van der Waals surface area contributed by atoms with Gasteiger partial charge in [-0.2, -0.15) is 0 Å². The topological polar surface area (TPSA) is 55.1 Å². The molecule has 110 valence electrons. The van der Waals surface area contributed by atoms with Gasteiger partial charge >= 0.3 is 0 Å². The van der Waals surface area contributed by atoms with Crippen molar-refractivity contribution in [2.45, 2.75) is 25.8 Å². The van der Waals surface area contributed by atoms with Gasteiger partial charge in [-0.15, -0.1) is 0 Å². The summed E-state index contributed by atoms with van der Waals surface area (Å²) in [5.41, 5.74) is 9.01. The Kier molecular flexibility index (Phi) is 5.53. The highest BCUT2D eigenvalue weighted by Gasteiger charge is 2.13. The Morgan fingerprint density at radius 2 is 1.95 bits per heavy atom. The Balaban J connectivity index is 1.90. The maximum Gasteiger partial charge on any atom is 0.241 e. The molecule has 21 heavy (non-hydrogen) atoms. The number of aryl methyl sites for hydroxylation is 2. The highest BCUT2D eigenvalue weighted by Crippen LogP contribution is 2.19. The van der Waals surface area contributed by atoms with Gasteiger partial charge in [0, 0.05) is 10.2 Å². The lowest BCUT2D eigenvalue weighted by Crippen LogP contribution is -2.36. The fraction of sp³-hybridized carbons (Fsp3) is 0.235. The summed E-state index contributed by atoms with van der Waals surface area (Å²) in [5.74, 6) is -0.150. The second kappa shape index (κ2) is 7.38. The van der Waals surface area contributed by atoms with Crippen LogP contribution in [0.15, 0.2) is 53.0 Å². The van der Waals surface area contributed by atoms with Crippen molar-refractivity contribution in [2.24, 2.45) is 5.73 Å². The fourth-order valence-corrected chi connectivity index (χ4v) is 2.75. The maximum atomic E-state index is 12.1. The molecule has 0 aliphatic carbocycles. The third-order valence-electron chi connectivity index (χ3n) is 3.23.